The zero-order chi connectivity index (χ0) is 10.9. The zero-order valence-electron chi connectivity index (χ0n) is 7.28. The molecule has 0 aliphatic carbocycles. The summed E-state index contributed by atoms with van der Waals surface area (Å²) in [5, 5.41) is 36.4. The average Bonchev–Trinajstić information content (AvgIpc) is 2.14. The lowest BCUT2D eigenvalue weighted by molar-refractivity contribution is -0.225. The Morgan fingerprint density at radius 1 is 1.21 bits per heavy atom. The van der Waals surface area contributed by atoms with Crippen molar-refractivity contribution in [2.45, 2.75) is 30.5 Å². The summed E-state index contributed by atoms with van der Waals surface area (Å²) in [5.74, 6) is -1.40. The van der Waals surface area contributed by atoms with Crippen LogP contribution in [0.5, 0.6) is 0 Å². The molecule has 0 amide bonds. The Hall–Kier alpha value is -0.730. The second kappa shape index (κ2) is 4.20. The Labute approximate surface area is 79.7 Å². The molecule has 0 aromatic heterocycles. The van der Waals surface area contributed by atoms with Crippen molar-refractivity contribution in [2.75, 3.05) is 6.54 Å². The summed E-state index contributed by atoms with van der Waals surface area (Å²) in [4.78, 5) is 10.6. The maximum atomic E-state index is 10.6. The van der Waals surface area contributed by atoms with Crippen molar-refractivity contribution < 1.29 is 30.0 Å². The van der Waals surface area contributed by atoms with Crippen LogP contribution in [0, 0.1) is 0 Å². The van der Waals surface area contributed by atoms with Gasteiger partial charge >= 0.3 is 5.97 Å². The van der Waals surface area contributed by atoms with Crippen LogP contribution in [0.4, 0.5) is 0 Å². The van der Waals surface area contributed by atoms with E-state index in [9.17, 15) is 20.1 Å². The van der Waals surface area contributed by atoms with Gasteiger partial charge in [-0.05, 0) is 0 Å². The first kappa shape index (κ1) is 11.3. The van der Waals surface area contributed by atoms with E-state index in [1.807, 2.05) is 0 Å². The van der Waals surface area contributed by atoms with Crippen LogP contribution >= 0.6 is 0 Å². The van der Waals surface area contributed by atoms with Crippen molar-refractivity contribution in [1.29, 1.82) is 0 Å². The molecule has 0 unspecified atom stereocenters. The summed E-state index contributed by atoms with van der Waals surface area (Å²) in [5.41, 5.74) is 5.19. The first-order valence-electron chi connectivity index (χ1n) is 4.11. The monoisotopic (exact) mass is 207 g/mol. The van der Waals surface area contributed by atoms with Crippen LogP contribution in [0.15, 0.2) is 0 Å². The van der Waals surface area contributed by atoms with E-state index in [-0.39, 0.29) is 6.54 Å². The minimum Gasteiger partial charge on any atom is -0.479 e. The molecule has 1 aliphatic rings. The molecule has 0 radical (unpaired) electrons. The van der Waals surface area contributed by atoms with E-state index < -0.39 is 36.5 Å². The molecule has 5 atom stereocenters. The van der Waals surface area contributed by atoms with Crippen molar-refractivity contribution >= 4 is 5.97 Å². The fourth-order valence-electron chi connectivity index (χ4n) is 1.35. The number of rotatable bonds is 2. The number of hydrogen-bond acceptors (Lipinski definition) is 6. The SMILES string of the molecule is NC[C@H]1O[C@H](C(=O)O)[C@@H](O)[C@H](O)[C@H]1O. The zero-order valence-corrected chi connectivity index (χ0v) is 7.28. The molecule has 1 fully saturated rings. The Kier molecular flexibility index (Phi) is 3.40. The van der Waals surface area contributed by atoms with E-state index in [1.165, 1.54) is 0 Å². The smallest absolute Gasteiger partial charge is 0.335 e. The van der Waals surface area contributed by atoms with E-state index in [0.717, 1.165) is 0 Å². The van der Waals surface area contributed by atoms with E-state index in [1.54, 1.807) is 0 Å². The normalized spacial score (nSPS) is 43.6. The number of hydrogen-bond donors (Lipinski definition) is 5. The third-order valence-electron chi connectivity index (χ3n) is 2.19. The van der Waals surface area contributed by atoms with Gasteiger partial charge in [0.1, 0.15) is 18.3 Å². The van der Waals surface area contributed by atoms with Crippen LogP contribution in [-0.4, -0.2) is 63.5 Å². The largest absolute Gasteiger partial charge is 0.479 e. The van der Waals surface area contributed by atoms with E-state index in [2.05, 4.69) is 0 Å². The lowest BCUT2D eigenvalue weighted by atomic mass is 9.95. The highest BCUT2D eigenvalue weighted by atomic mass is 16.6. The van der Waals surface area contributed by atoms with Gasteiger partial charge in [-0.3, -0.25) is 0 Å². The van der Waals surface area contributed by atoms with E-state index >= 15 is 0 Å². The van der Waals surface area contributed by atoms with Crippen LogP contribution in [0.1, 0.15) is 0 Å². The molecule has 7 heteroatoms. The van der Waals surface area contributed by atoms with Crippen molar-refractivity contribution in [3.05, 3.63) is 0 Å². The van der Waals surface area contributed by atoms with Crippen LogP contribution in [-0.2, 0) is 9.53 Å². The van der Waals surface area contributed by atoms with Gasteiger partial charge in [-0.1, -0.05) is 0 Å². The number of aliphatic hydroxyl groups excluding tert-OH is 3. The fourth-order valence-corrected chi connectivity index (χ4v) is 1.35. The molecule has 0 bridgehead atoms. The Bertz CT molecular complexity index is 220. The van der Waals surface area contributed by atoms with Gasteiger partial charge in [0.05, 0.1) is 6.10 Å². The van der Waals surface area contributed by atoms with Crippen LogP contribution in [0.3, 0.4) is 0 Å². The second-order valence-electron chi connectivity index (χ2n) is 3.14. The number of carboxylic acid groups (broad SMARTS) is 1. The van der Waals surface area contributed by atoms with E-state index in [0.29, 0.717) is 0 Å². The number of ether oxygens (including phenoxy) is 1. The third-order valence-corrected chi connectivity index (χ3v) is 2.19. The third kappa shape index (κ3) is 1.86. The number of nitrogens with two attached hydrogens (primary N) is 1. The van der Waals surface area contributed by atoms with Gasteiger partial charge in [0.25, 0.3) is 0 Å². The highest BCUT2D eigenvalue weighted by molar-refractivity contribution is 5.73. The quantitative estimate of drug-likeness (QED) is 0.323. The highest BCUT2D eigenvalue weighted by Gasteiger charge is 2.46. The summed E-state index contributed by atoms with van der Waals surface area (Å²) in [6.07, 6.45) is -7.11. The molecule has 14 heavy (non-hydrogen) atoms. The van der Waals surface area contributed by atoms with Crippen LogP contribution in [0.2, 0.25) is 0 Å². The minimum absolute atomic E-state index is 0.130. The standard InChI is InChI=1S/C7H13NO6/c8-1-2-3(9)4(10)5(11)6(14-2)7(12)13/h2-6,9-11H,1,8H2,(H,12,13)/t2-,3+,4-,5+,6+/m1/s1. The predicted octanol–water partition coefficient (Wildman–Crippen LogP) is -3.12. The van der Waals surface area contributed by atoms with Gasteiger partial charge < -0.3 is 30.9 Å². The summed E-state index contributed by atoms with van der Waals surface area (Å²) in [7, 11) is 0. The molecule has 0 saturated carbocycles. The minimum atomic E-state index is -1.65. The van der Waals surface area contributed by atoms with Crippen molar-refractivity contribution in [3.63, 3.8) is 0 Å². The van der Waals surface area contributed by atoms with Crippen LogP contribution < -0.4 is 5.73 Å². The maximum Gasteiger partial charge on any atom is 0.335 e. The van der Waals surface area contributed by atoms with Gasteiger partial charge in [-0.2, -0.15) is 0 Å². The number of aliphatic carboxylic acids is 1. The molecule has 6 N–H and O–H groups in total. The average molecular weight is 207 g/mol. The first-order valence-corrected chi connectivity index (χ1v) is 4.11. The number of aliphatic hydroxyl groups is 3. The molecule has 1 heterocycles. The topological polar surface area (TPSA) is 133 Å². The fraction of sp³-hybridized carbons (Fsp3) is 0.857. The van der Waals surface area contributed by atoms with Gasteiger partial charge in [-0.15, -0.1) is 0 Å². The molecule has 7 nitrogen and oxygen atoms in total. The molecular formula is C7H13NO6. The molecule has 1 saturated heterocycles. The van der Waals surface area contributed by atoms with Crippen molar-refractivity contribution in [2.24, 2.45) is 5.73 Å². The van der Waals surface area contributed by atoms with Gasteiger partial charge in [0, 0.05) is 6.54 Å². The first-order chi connectivity index (χ1) is 6.49. The molecule has 1 aliphatic heterocycles. The predicted molar refractivity (Wildman–Crippen MR) is 43.4 cm³/mol. The molecule has 82 valence electrons. The second-order valence-corrected chi connectivity index (χ2v) is 3.14. The lowest BCUT2D eigenvalue weighted by Gasteiger charge is -2.38. The van der Waals surface area contributed by atoms with Crippen molar-refractivity contribution in [1.82, 2.24) is 0 Å². The molecule has 0 spiro atoms. The molecule has 0 aromatic rings. The summed E-state index contributed by atoms with van der Waals surface area (Å²) in [6.45, 7) is -0.130. The Morgan fingerprint density at radius 3 is 2.21 bits per heavy atom. The molecular weight excluding hydrogens is 194 g/mol. The maximum absolute atomic E-state index is 10.6. The number of carboxylic acids is 1. The van der Waals surface area contributed by atoms with Gasteiger partial charge in [0.15, 0.2) is 6.10 Å². The Balaban J connectivity index is 2.78. The number of carbonyl (C=O) groups is 1. The van der Waals surface area contributed by atoms with Gasteiger partial charge in [0.2, 0.25) is 0 Å². The summed E-state index contributed by atoms with van der Waals surface area (Å²) < 4.78 is 4.81. The Morgan fingerprint density at radius 2 is 1.79 bits per heavy atom. The molecule has 1 rings (SSSR count). The lowest BCUT2D eigenvalue weighted by Crippen LogP contribution is -2.61. The van der Waals surface area contributed by atoms with Crippen LogP contribution in [0.25, 0.3) is 0 Å². The van der Waals surface area contributed by atoms with E-state index in [4.69, 9.17) is 15.6 Å². The summed E-state index contributed by atoms with van der Waals surface area (Å²) in [6, 6.07) is 0. The van der Waals surface area contributed by atoms with Crippen molar-refractivity contribution in [3.8, 4) is 0 Å². The highest BCUT2D eigenvalue weighted by Crippen LogP contribution is 2.20. The molecule has 0 aromatic carbocycles. The summed E-state index contributed by atoms with van der Waals surface area (Å²) >= 11 is 0. The van der Waals surface area contributed by atoms with Gasteiger partial charge in [-0.25, -0.2) is 4.79 Å².